The Morgan fingerprint density at radius 2 is 2.16 bits per heavy atom. The summed E-state index contributed by atoms with van der Waals surface area (Å²) in [6, 6.07) is 5.46. The number of thiazole rings is 1. The van der Waals surface area contributed by atoms with Crippen molar-refractivity contribution in [3.05, 3.63) is 23.6 Å². The molecule has 7 nitrogen and oxygen atoms in total. The number of fused-ring (bicyclic) bond motifs is 1. The standard InChI is InChI=1S/C16H19N3O4S2/c1-4-7-25(21,22)18-16-17-12(9-24-16)11-5-6-14-13(8-11)19(3)15(20)10(2)23-14/h5-6,8-10H,4,7H2,1-3H3,(H,17,18). The van der Waals surface area contributed by atoms with Crippen molar-refractivity contribution < 1.29 is 17.9 Å². The van der Waals surface area contributed by atoms with E-state index >= 15 is 0 Å². The second-order valence-electron chi connectivity index (χ2n) is 5.80. The molecule has 1 amide bonds. The van der Waals surface area contributed by atoms with Crippen LogP contribution >= 0.6 is 11.3 Å². The molecule has 0 aliphatic carbocycles. The quantitative estimate of drug-likeness (QED) is 0.860. The molecule has 1 aliphatic heterocycles. The van der Waals surface area contributed by atoms with E-state index in [1.165, 1.54) is 11.3 Å². The fraction of sp³-hybridized carbons (Fsp3) is 0.375. The van der Waals surface area contributed by atoms with Gasteiger partial charge in [-0.3, -0.25) is 9.52 Å². The van der Waals surface area contributed by atoms with Gasteiger partial charge in [-0.25, -0.2) is 13.4 Å². The van der Waals surface area contributed by atoms with Gasteiger partial charge in [-0.05, 0) is 31.5 Å². The van der Waals surface area contributed by atoms with E-state index in [1.807, 2.05) is 12.1 Å². The van der Waals surface area contributed by atoms with E-state index in [1.54, 1.807) is 37.2 Å². The van der Waals surface area contributed by atoms with E-state index in [2.05, 4.69) is 9.71 Å². The molecule has 1 aliphatic rings. The monoisotopic (exact) mass is 381 g/mol. The number of nitrogens with one attached hydrogen (secondary N) is 1. The zero-order valence-corrected chi connectivity index (χ0v) is 15.8. The Hall–Kier alpha value is -2.13. The minimum atomic E-state index is -3.37. The summed E-state index contributed by atoms with van der Waals surface area (Å²) in [6.45, 7) is 3.52. The maximum atomic E-state index is 12.1. The van der Waals surface area contributed by atoms with E-state index in [9.17, 15) is 13.2 Å². The number of amides is 1. The van der Waals surface area contributed by atoms with Crippen molar-refractivity contribution in [3.8, 4) is 17.0 Å². The van der Waals surface area contributed by atoms with Gasteiger partial charge in [0.2, 0.25) is 10.0 Å². The van der Waals surface area contributed by atoms with Crippen molar-refractivity contribution in [1.82, 2.24) is 4.98 Å². The zero-order valence-electron chi connectivity index (χ0n) is 14.1. The van der Waals surface area contributed by atoms with Gasteiger partial charge in [0.25, 0.3) is 5.91 Å². The van der Waals surface area contributed by atoms with Crippen LogP contribution in [0.5, 0.6) is 5.75 Å². The second-order valence-corrected chi connectivity index (χ2v) is 8.50. The third-order valence-corrected chi connectivity index (χ3v) is 6.15. The smallest absolute Gasteiger partial charge is 0.267 e. The molecular formula is C16H19N3O4S2. The summed E-state index contributed by atoms with van der Waals surface area (Å²) in [4.78, 5) is 18.0. The molecule has 0 spiro atoms. The first-order chi connectivity index (χ1) is 11.8. The summed E-state index contributed by atoms with van der Waals surface area (Å²) in [7, 11) is -1.66. The Morgan fingerprint density at radius 3 is 2.88 bits per heavy atom. The third kappa shape index (κ3) is 3.62. The molecule has 1 N–H and O–H groups in total. The lowest BCUT2D eigenvalue weighted by molar-refractivity contribution is -0.125. The molecule has 0 saturated heterocycles. The molecule has 0 saturated carbocycles. The molecular weight excluding hydrogens is 362 g/mol. The summed E-state index contributed by atoms with van der Waals surface area (Å²) >= 11 is 1.22. The number of benzene rings is 1. The van der Waals surface area contributed by atoms with Crippen LogP contribution in [0.15, 0.2) is 23.6 Å². The molecule has 1 aromatic heterocycles. The number of hydrogen-bond donors (Lipinski definition) is 1. The van der Waals surface area contributed by atoms with Crippen LogP contribution in [0, 0.1) is 0 Å². The Kier molecular flexibility index (Phi) is 4.70. The summed E-state index contributed by atoms with van der Waals surface area (Å²) < 4.78 is 31.8. The molecule has 1 aromatic carbocycles. The molecule has 9 heteroatoms. The summed E-state index contributed by atoms with van der Waals surface area (Å²) in [5, 5.41) is 2.11. The Morgan fingerprint density at radius 1 is 1.40 bits per heavy atom. The molecule has 0 radical (unpaired) electrons. The molecule has 1 unspecified atom stereocenters. The highest BCUT2D eigenvalue weighted by Gasteiger charge is 2.29. The first-order valence-corrected chi connectivity index (χ1v) is 10.4. The van der Waals surface area contributed by atoms with Crippen molar-refractivity contribution in [2.75, 3.05) is 22.4 Å². The number of sulfonamides is 1. The molecule has 2 heterocycles. The topological polar surface area (TPSA) is 88.6 Å². The van der Waals surface area contributed by atoms with Gasteiger partial charge in [0.1, 0.15) is 5.75 Å². The average molecular weight is 381 g/mol. The Balaban J connectivity index is 1.88. The predicted molar refractivity (Wildman–Crippen MR) is 98.8 cm³/mol. The van der Waals surface area contributed by atoms with Gasteiger partial charge >= 0.3 is 0 Å². The molecule has 0 bridgehead atoms. The van der Waals surface area contributed by atoms with Crippen molar-refractivity contribution in [2.45, 2.75) is 26.4 Å². The molecule has 1 atom stereocenters. The maximum Gasteiger partial charge on any atom is 0.267 e. The van der Waals surface area contributed by atoms with Crippen LogP contribution in [0.4, 0.5) is 10.8 Å². The number of nitrogens with zero attached hydrogens (tertiary/aromatic N) is 2. The van der Waals surface area contributed by atoms with Crippen molar-refractivity contribution >= 4 is 38.1 Å². The molecule has 134 valence electrons. The van der Waals surface area contributed by atoms with Crippen LogP contribution in [0.3, 0.4) is 0 Å². The Bertz CT molecular complexity index is 908. The highest BCUT2D eigenvalue weighted by molar-refractivity contribution is 7.92. The van der Waals surface area contributed by atoms with Crippen LogP contribution in [0.1, 0.15) is 20.3 Å². The van der Waals surface area contributed by atoms with Gasteiger partial charge in [-0.1, -0.05) is 6.92 Å². The Labute approximate surface area is 150 Å². The summed E-state index contributed by atoms with van der Waals surface area (Å²) in [5.74, 6) is 0.580. The van der Waals surface area contributed by atoms with Gasteiger partial charge in [0, 0.05) is 18.0 Å². The largest absolute Gasteiger partial charge is 0.479 e. The summed E-state index contributed by atoms with van der Waals surface area (Å²) in [6.07, 6.45) is 0.0270. The van der Waals surface area contributed by atoms with Gasteiger partial charge in [-0.2, -0.15) is 0 Å². The van der Waals surface area contributed by atoms with Crippen molar-refractivity contribution in [3.63, 3.8) is 0 Å². The van der Waals surface area contributed by atoms with Gasteiger partial charge in [0.15, 0.2) is 11.2 Å². The minimum absolute atomic E-state index is 0.0587. The number of carbonyl (C=O) groups is 1. The normalized spacial score (nSPS) is 17.2. The number of likely N-dealkylation sites (N-methyl/N-ethyl adjacent to an activating group) is 1. The lowest BCUT2D eigenvalue weighted by atomic mass is 10.1. The van der Waals surface area contributed by atoms with Crippen LogP contribution < -0.4 is 14.4 Å². The third-order valence-electron chi connectivity index (χ3n) is 3.82. The minimum Gasteiger partial charge on any atom is -0.479 e. The van der Waals surface area contributed by atoms with E-state index in [-0.39, 0.29) is 11.7 Å². The first-order valence-electron chi connectivity index (χ1n) is 7.85. The van der Waals surface area contributed by atoms with Crippen LogP contribution in [-0.4, -0.2) is 38.2 Å². The highest BCUT2D eigenvalue weighted by atomic mass is 32.2. The lowest BCUT2D eigenvalue weighted by Crippen LogP contribution is -2.41. The number of aromatic nitrogens is 1. The van der Waals surface area contributed by atoms with Gasteiger partial charge in [-0.15, -0.1) is 11.3 Å². The van der Waals surface area contributed by atoms with Gasteiger partial charge < -0.3 is 9.64 Å². The number of hydrogen-bond acceptors (Lipinski definition) is 6. The number of ether oxygens (including phenoxy) is 1. The van der Waals surface area contributed by atoms with Crippen LogP contribution in [0.25, 0.3) is 11.3 Å². The summed E-state index contributed by atoms with van der Waals surface area (Å²) in [5.41, 5.74) is 2.09. The van der Waals surface area contributed by atoms with Crippen molar-refractivity contribution in [2.24, 2.45) is 0 Å². The van der Waals surface area contributed by atoms with E-state index < -0.39 is 16.1 Å². The molecule has 3 rings (SSSR count). The highest BCUT2D eigenvalue weighted by Crippen LogP contribution is 2.37. The first kappa shape index (κ1) is 17.7. The van der Waals surface area contributed by atoms with E-state index in [0.717, 1.165) is 5.56 Å². The van der Waals surface area contributed by atoms with Crippen LogP contribution in [0.2, 0.25) is 0 Å². The van der Waals surface area contributed by atoms with Crippen LogP contribution in [-0.2, 0) is 14.8 Å². The second kappa shape index (κ2) is 6.64. The predicted octanol–water partition coefficient (Wildman–Crippen LogP) is 2.71. The van der Waals surface area contributed by atoms with Gasteiger partial charge in [0.05, 0.1) is 17.1 Å². The fourth-order valence-electron chi connectivity index (χ4n) is 2.58. The van der Waals surface area contributed by atoms with Crippen molar-refractivity contribution in [1.29, 1.82) is 0 Å². The molecule has 0 fully saturated rings. The molecule has 25 heavy (non-hydrogen) atoms. The molecule has 2 aromatic rings. The SMILES string of the molecule is CCCS(=O)(=O)Nc1nc(-c2ccc3c(c2)N(C)C(=O)C(C)O3)cs1. The average Bonchev–Trinajstić information content (AvgIpc) is 3.00. The fourth-order valence-corrected chi connectivity index (χ4v) is 4.66. The number of rotatable bonds is 5. The number of anilines is 2. The number of carbonyl (C=O) groups excluding carboxylic acids is 1. The maximum absolute atomic E-state index is 12.1. The lowest BCUT2D eigenvalue weighted by Gasteiger charge is -2.30. The van der Waals surface area contributed by atoms with E-state index in [0.29, 0.717) is 28.7 Å². The van der Waals surface area contributed by atoms with E-state index in [4.69, 9.17) is 4.74 Å². The zero-order chi connectivity index (χ0) is 18.2.